The lowest BCUT2D eigenvalue weighted by Crippen LogP contribution is -3.02. The molecule has 0 radical (unpaired) electrons. The number of ketones is 1. The van der Waals surface area contributed by atoms with Gasteiger partial charge in [-0.25, -0.2) is 15.6 Å². The van der Waals surface area contributed by atoms with Gasteiger partial charge in [-0.05, 0) is 19.4 Å². The van der Waals surface area contributed by atoms with Crippen LogP contribution in [-0.2, 0) is 4.79 Å². The standard InChI is InChI=1S/C7H11NO.C6H9N3O7/c9-7-3-5-8-4-1-2-6(7)8;10-6-4(8(13)14)1-3(7(11)12)2-5(6)9(15)16/h6H,1-5H2;1-2,7-11,13,15H. The number of aromatic hydroxyl groups is 1. The lowest BCUT2D eigenvalue weighted by atomic mass is 10.1. The summed E-state index contributed by atoms with van der Waals surface area (Å²) in [4.78, 5) is 13.3. The number of carbonyl (C=O) groups excluding carboxylic acids is 1. The number of rotatable bonds is 3. The minimum Gasteiger partial charge on any atom is -0.595 e. The van der Waals surface area contributed by atoms with Gasteiger partial charge in [0.05, 0.1) is 18.2 Å². The number of benzene rings is 1. The number of Topliss-reactive ketones (excluding diaryl/α,β-unsaturated/α-hetero) is 1. The molecule has 2 aliphatic heterocycles. The van der Waals surface area contributed by atoms with Gasteiger partial charge in [0.15, 0.2) is 11.5 Å². The van der Waals surface area contributed by atoms with E-state index in [0.29, 0.717) is 24.0 Å². The average Bonchev–Trinajstić information content (AvgIpc) is 3.13. The Kier molecular flexibility index (Phi) is 6.36. The van der Waals surface area contributed by atoms with Crippen LogP contribution >= 0.6 is 0 Å². The largest absolute Gasteiger partial charge is 0.595 e. The van der Waals surface area contributed by atoms with Crippen LogP contribution in [0.2, 0.25) is 0 Å². The van der Waals surface area contributed by atoms with Crippen LogP contribution in [0, 0.1) is 15.6 Å². The van der Waals surface area contributed by atoms with Crippen molar-refractivity contribution in [2.75, 3.05) is 13.1 Å². The molecule has 2 saturated heterocycles. The first kappa shape index (κ1) is 19.6. The van der Waals surface area contributed by atoms with Gasteiger partial charge in [-0.2, -0.15) is 15.7 Å². The normalized spacial score (nSPS) is 23.6. The Morgan fingerprint density at radius 3 is 2.00 bits per heavy atom. The van der Waals surface area contributed by atoms with Gasteiger partial charge in [0.1, 0.15) is 0 Å². The predicted molar refractivity (Wildman–Crippen MR) is 79.7 cm³/mol. The van der Waals surface area contributed by atoms with Crippen LogP contribution in [0.1, 0.15) is 19.3 Å². The predicted octanol–water partition coefficient (Wildman–Crippen LogP) is -2.97. The molecule has 7 N–H and O–H groups in total. The average molecular weight is 360 g/mol. The fourth-order valence-corrected chi connectivity index (χ4v) is 2.96. The Morgan fingerprint density at radius 2 is 1.56 bits per heavy atom. The van der Waals surface area contributed by atoms with Gasteiger partial charge >= 0.3 is 0 Å². The zero-order valence-corrected chi connectivity index (χ0v) is 13.1. The number of nitrogens with zero attached hydrogens (tertiary/aromatic N) is 1. The molecule has 140 valence electrons. The second-order valence-corrected chi connectivity index (χ2v) is 5.75. The number of phenolic OH excluding ortho intramolecular Hbond substituents is 1. The van der Waals surface area contributed by atoms with Crippen molar-refractivity contribution in [3.05, 3.63) is 27.8 Å². The molecule has 4 unspecified atom stereocenters. The smallest absolute Gasteiger partial charge is 0.247 e. The third kappa shape index (κ3) is 4.47. The van der Waals surface area contributed by atoms with Crippen LogP contribution in [-0.4, -0.2) is 50.5 Å². The van der Waals surface area contributed by atoms with Gasteiger partial charge in [-0.15, -0.1) is 0 Å². The van der Waals surface area contributed by atoms with Gasteiger partial charge in [0.25, 0.3) is 0 Å². The number of fused-ring (bicyclic) bond motifs is 1. The molecule has 0 amide bonds. The Bertz CT molecular complexity index is 595. The SMILES string of the molecule is O=C1CCN2CCCC12.[O-][NH+](O)c1cc([NH+]([O-])O)c(O)c([NH+]([O-])O)c1. The van der Waals surface area contributed by atoms with Crippen molar-refractivity contribution in [2.45, 2.75) is 25.3 Å². The topological polar surface area (TPSA) is 184 Å². The molecule has 0 aliphatic carbocycles. The number of carbonyl (C=O) groups is 1. The molecule has 0 spiro atoms. The van der Waals surface area contributed by atoms with Crippen LogP contribution in [0.4, 0.5) is 17.1 Å². The van der Waals surface area contributed by atoms with Gasteiger partial charge in [-0.3, -0.25) is 9.69 Å². The summed E-state index contributed by atoms with van der Waals surface area (Å²) in [5, 5.41) is 62.3. The third-order valence-corrected chi connectivity index (χ3v) is 4.20. The van der Waals surface area contributed by atoms with Crippen molar-refractivity contribution < 1.29 is 41.2 Å². The quantitative estimate of drug-likeness (QED) is 0.168. The molecular weight excluding hydrogens is 340 g/mol. The van der Waals surface area contributed by atoms with E-state index in [2.05, 4.69) is 4.90 Å². The van der Waals surface area contributed by atoms with Crippen molar-refractivity contribution in [3.8, 4) is 5.75 Å². The lowest BCUT2D eigenvalue weighted by molar-refractivity contribution is -1.00. The number of hydrogen-bond donors (Lipinski definition) is 7. The van der Waals surface area contributed by atoms with Crippen LogP contribution in [0.3, 0.4) is 0 Å². The summed E-state index contributed by atoms with van der Waals surface area (Å²) in [5.74, 6) is -0.488. The van der Waals surface area contributed by atoms with Crippen LogP contribution in [0.15, 0.2) is 12.1 Å². The molecule has 1 aromatic carbocycles. The summed E-state index contributed by atoms with van der Waals surface area (Å²) in [5.41, 5.74) is -2.05. The van der Waals surface area contributed by atoms with E-state index >= 15 is 0 Å². The minimum atomic E-state index is -1.61. The molecule has 3 rings (SSSR count). The summed E-state index contributed by atoms with van der Waals surface area (Å²) in [7, 11) is 0. The van der Waals surface area contributed by atoms with Gasteiger partial charge in [-0.1, -0.05) is 0 Å². The Morgan fingerprint density at radius 1 is 1.00 bits per heavy atom. The monoisotopic (exact) mass is 360 g/mol. The summed E-state index contributed by atoms with van der Waals surface area (Å²) < 4.78 is 0. The summed E-state index contributed by atoms with van der Waals surface area (Å²) in [6.07, 6.45) is 3.17. The van der Waals surface area contributed by atoms with Crippen molar-refractivity contribution >= 4 is 22.8 Å². The Balaban J connectivity index is 0.000000208. The first-order chi connectivity index (χ1) is 11.7. The van der Waals surface area contributed by atoms with Crippen molar-refractivity contribution in [1.29, 1.82) is 0 Å². The summed E-state index contributed by atoms with van der Waals surface area (Å²) >= 11 is 0. The maximum atomic E-state index is 11.0. The fourth-order valence-electron chi connectivity index (χ4n) is 2.96. The van der Waals surface area contributed by atoms with E-state index in [1.54, 1.807) is 0 Å². The molecule has 2 aliphatic rings. The highest BCUT2D eigenvalue weighted by Crippen LogP contribution is 2.29. The zero-order valence-electron chi connectivity index (χ0n) is 13.1. The molecule has 1 aromatic rings. The molecular formula is C13H20N4O8. The minimum absolute atomic E-state index is 0.338. The lowest BCUT2D eigenvalue weighted by Gasteiger charge is -2.20. The number of quaternary nitrogens is 3. The fraction of sp³-hybridized carbons (Fsp3) is 0.462. The zero-order chi connectivity index (χ0) is 18.7. The van der Waals surface area contributed by atoms with Gasteiger partial charge in [0.2, 0.25) is 17.1 Å². The van der Waals surface area contributed by atoms with Crippen molar-refractivity contribution in [1.82, 2.24) is 4.90 Å². The Hall–Kier alpha value is -1.71. The molecule has 4 atom stereocenters. The molecule has 12 heteroatoms. The first-order valence-corrected chi connectivity index (χ1v) is 7.56. The van der Waals surface area contributed by atoms with E-state index < -0.39 is 38.5 Å². The van der Waals surface area contributed by atoms with E-state index in [1.807, 2.05) is 0 Å². The van der Waals surface area contributed by atoms with E-state index in [1.165, 1.54) is 6.42 Å². The Labute approximate surface area is 141 Å². The molecule has 12 nitrogen and oxygen atoms in total. The molecule has 0 aromatic heterocycles. The second kappa shape index (κ2) is 8.11. The molecule has 2 fully saturated rings. The van der Waals surface area contributed by atoms with Crippen LogP contribution in [0.25, 0.3) is 0 Å². The highest BCUT2D eigenvalue weighted by atomic mass is 16.8. The van der Waals surface area contributed by atoms with E-state index in [4.69, 9.17) is 15.6 Å². The second-order valence-electron chi connectivity index (χ2n) is 5.75. The third-order valence-electron chi connectivity index (χ3n) is 4.20. The van der Waals surface area contributed by atoms with Crippen LogP contribution < -0.4 is 15.7 Å². The van der Waals surface area contributed by atoms with E-state index in [9.17, 15) is 25.5 Å². The highest BCUT2D eigenvalue weighted by Gasteiger charge is 2.35. The van der Waals surface area contributed by atoms with Crippen molar-refractivity contribution in [2.24, 2.45) is 0 Å². The first-order valence-electron chi connectivity index (χ1n) is 7.56. The number of nitrogens with one attached hydrogen (secondary N) is 3. The van der Waals surface area contributed by atoms with Crippen LogP contribution in [0.5, 0.6) is 5.75 Å². The highest BCUT2D eigenvalue weighted by molar-refractivity contribution is 5.86. The van der Waals surface area contributed by atoms with E-state index in [-0.39, 0.29) is 0 Å². The molecule has 2 heterocycles. The van der Waals surface area contributed by atoms with Gasteiger partial charge < -0.3 is 20.7 Å². The van der Waals surface area contributed by atoms with E-state index in [0.717, 1.165) is 25.9 Å². The maximum Gasteiger partial charge on any atom is 0.247 e. The van der Waals surface area contributed by atoms with Crippen molar-refractivity contribution in [3.63, 3.8) is 0 Å². The maximum absolute atomic E-state index is 11.0. The van der Waals surface area contributed by atoms with Gasteiger partial charge in [0, 0.05) is 13.0 Å². The molecule has 0 bridgehead atoms. The molecule has 0 saturated carbocycles. The summed E-state index contributed by atoms with van der Waals surface area (Å²) in [6.45, 7) is 2.19. The molecule has 25 heavy (non-hydrogen) atoms. The number of hydrogen-bond acceptors (Lipinski definition) is 9. The summed E-state index contributed by atoms with van der Waals surface area (Å²) in [6, 6.07) is 1.71. The number of phenols is 1.